The maximum absolute atomic E-state index is 5.04. The number of hydrogen-bond donors (Lipinski definition) is 0. The Balaban J connectivity index is 3.32. The fourth-order valence-corrected chi connectivity index (χ4v) is 1.99. The molecule has 2 unspecified atom stereocenters. The first-order chi connectivity index (χ1) is 6.20. The van der Waals surface area contributed by atoms with Gasteiger partial charge in [0.05, 0.1) is 0 Å². The summed E-state index contributed by atoms with van der Waals surface area (Å²) < 4.78 is 5.04. The highest BCUT2D eigenvalue weighted by atomic mass is 16.5. The average Bonchev–Trinajstić information content (AvgIpc) is 2.05. The Morgan fingerprint density at radius 1 is 1.08 bits per heavy atom. The maximum Gasteiger partial charge on any atom is 0.0462 e. The van der Waals surface area contributed by atoms with E-state index in [0.29, 0.717) is 0 Å². The lowest BCUT2D eigenvalue weighted by Crippen LogP contribution is -2.04. The Hall–Kier alpha value is -0.0400. The molecular formula is C12H26O. The molecule has 13 heavy (non-hydrogen) atoms. The monoisotopic (exact) mass is 186 g/mol. The van der Waals surface area contributed by atoms with Crippen molar-refractivity contribution in [3.8, 4) is 0 Å². The molecule has 0 bridgehead atoms. The molecule has 0 aliphatic rings. The summed E-state index contributed by atoms with van der Waals surface area (Å²) in [6.07, 6.45) is 6.64. The second-order valence-electron chi connectivity index (χ2n) is 4.37. The van der Waals surface area contributed by atoms with Gasteiger partial charge in [0.25, 0.3) is 0 Å². The minimum Gasteiger partial charge on any atom is -0.385 e. The molecule has 0 rings (SSSR count). The van der Waals surface area contributed by atoms with E-state index in [1.54, 1.807) is 7.11 Å². The molecule has 0 radical (unpaired) electrons. The van der Waals surface area contributed by atoms with Gasteiger partial charge >= 0.3 is 0 Å². The molecule has 0 amide bonds. The van der Waals surface area contributed by atoms with Crippen LogP contribution in [0, 0.1) is 11.8 Å². The molecule has 1 heteroatoms. The Kier molecular flexibility index (Phi) is 8.53. The highest BCUT2D eigenvalue weighted by molar-refractivity contribution is 4.59. The van der Waals surface area contributed by atoms with E-state index in [-0.39, 0.29) is 0 Å². The average molecular weight is 186 g/mol. The number of methoxy groups -OCH3 is 1. The summed E-state index contributed by atoms with van der Waals surface area (Å²) in [5.41, 5.74) is 0. The molecule has 0 aromatic heterocycles. The number of rotatable bonds is 8. The fraction of sp³-hybridized carbons (Fsp3) is 1.00. The highest BCUT2D eigenvalue weighted by Gasteiger charge is 2.07. The van der Waals surface area contributed by atoms with Crippen LogP contribution in [0.15, 0.2) is 0 Å². The van der Waals surface area contributed by atoms with Crippen molar-refractivity contribution in [2.24, 2.45) is 11.8 Å². The first-order valence-electron chi connectivity index (χ1n) is 5.69. The van der Waals surface area contributed by atoms with Crippen molar-refractivity contribution in [3.05, 3.63) is 0 Å². The van der Waals surface area contributed by atoms with E-state index in [9.17, 15) is 0 Å². The topological polar surface area (TPSA) is 9.23 Å². The third kappa shape index (κ3) is 8.29. The van der Waals surface area contributed by atoms with Crippen molar-refractivity contribution < 1.29 is 4.74 Å². The highest BCUT2D eigenvalue weighted by Crippen LogP contribution is 2.19. The van der Waals surface area contributed by atoms with Gasteiger partial charge in [0.15, 0.2) is 0 Å². The zero-order valence-electron chi connectivity index (χ0n) is 9.81. The minimum absolute atomic E-state index is 0.872. The Morgan fingerprint density at radius 3 is 2.23 bits per heavy atom. The summed E-state index contributed by atoms with van der Waals surface area (Å²) in [5.74, 6) is 1.78. The molecule has 0 aromatic rings. The van der Waals surface area contributed by atoms with Crippen molar-refractivity contribution in [1.82, 2.24) is 0 Å². The number of ether oxygens (including phenoxy) is 1. The van der Waals surface area contributed by atoms with Crippen molar-refractivity contribution in [2.75, 3.05) is 13.7 Å². The van der Waals surface area contributed by atoms with E-state index in [2.05, 4.69) is 20.8 Å². The van der Waals surface area contributed by atoms with Gasteiger partial charge in [-0.05, 0) is 31.1 Å². The molecule has 0 spiro atoms. The van der Waals surface area contributed by atoms with Gasteiger partial charge in [-0.3, -0.25) is 0 Å². The number of hydrogen-bond acceptors (Lipinski definition) is 1. The van der Waals surface area contributed by atoms with E-state index in [0.717, 1.165) is 18.4 Å². The third-order valence-electron chi connectivity index (χ3n) is 2.63. The van der Waals surface area contributed by atoms with Crippen LogP contribution < -0.4 is 0 Å². The summed E-state index contributed by atoms with van der Waals surface area (Å²) in [4.78, 5) is 0. The lowest BCUT2D eigenvalue weighted by Gasteiger charge is -2.16. The Bertz CT molecular complexity index is 101. The summed E-state index contributed by atoms with van der Waals surface area (Å²) in [5, 5.41) is 0. The van der Waals surface area contributed by atoms with E-state index in [1.165, 1.54) is 32.1 Å². The van der Waals surface area contributed by atoms with Gasteiger partial charge < -0.3 is 4.74 Å². The van der Waals surface area contributed by atoms with E-state index in [1.807, 2.05) is 0 Å². The standard InChI is InChI=1S/C12H26O/c1-5-7-11(2)10-12(3)8-6-9-13-4/h11-12H,5-10H2,1-4H3. The van der Waals surface area contributed by atoms with Gasteiger partial charge in [-0.1, -0.05) is 33.6 Å². The van der Waals surface area contributed by atoms with Crippen LogP contribution in [0.5, 0.6) is 0 Å². The zero-order chi connectivity index (χ0) is 10.1. The van der Waals surface area contributed by atoms with Gasteiger partial charge in [-0.2, -0.15) is 0 Å². The van der Waals surface area contributed by atoms with Crippen molar-refractivity contribution in [2.45, 2.75) is 52.9 Å². The summed E-state index contributed by atoms with van der Waals surface area (Å²) >= 11 is 0. The molecule has 0 aromatic carbocycles. The van der Waals surface area contributed by atoms with Crippen molar-refractivity contribution >= 4 is 0 Å². The van der Waals surface area contributed by atoms with Crippen LogP contribution in [0.1, 0.15) is 52.9 Å². The molecule has 80 valence electrons. The Labute approximate surface area is 83.9 Å². The van der Waals surface area contributed by atoms with Crippen molar-refractivity contribution in [3.63, 3.8) is 0 Å². The van der Waals surface area contributed by atoms with Crippen LogP contribution in [0.4, 0.5) is 0 Å². The Morgan fingerprint density at radius 2 is 1.69 bits per heavy atom. The first kappa shape index (κ1) is 13.0. The van der Waals surface area contributed by atoms with Gasteiger partial charge in [0.2, 0.25) is 0 Å². The zero-order valence-corrected chi connectivity index (χ0v) is 9.81. The van der Waals surface area contributed by atoms with Crippen LogP contribution >= 0.6 is 0 Å². The third-order valence-corrected chi connectivity index (χ3v) is 2.63. The second kappa shape index (κ2) is 8.55. The molecular weight excluding hydrogens is 160 g/mol. The molecule has 2 atom stereocenters. The molecule has 1 nitrogen and oxygen atoms in total. The van der Waals surface area contributed by atoms with Crippen LogP contribution in [-0.2, 0) is 4.74 Å². The molecule has 0 N–H and O–H groups in total. The second-order valence-corrected chi connectivity index (χ2v) is 4.37. The maximum atomic E-state index is 5.04. The molecule has 0 fully saturated rings. The van der Waals surface area contributed by atoms with E-state index < -0.39 is 0 Å². The van der Waals surface area contributed by atoms with Gasteiger partial charge in [0.1, 0.15) is 0 Å². The van der Waals surface area contributed by atoms with Crippen LogP contribution in [0.2, 0.25) is 0 Å². The smallest absolute Gasteiger partial charge is 0.0462 e. The van der Waals surface area contributed by atoms with Gasteiger partial charge in [0, 0.05) is 13.7 Å². The molecule has 0 aliphatic carbocycles. The molecule has 0 saturated carbocycles. The van der Waals surface area contributed by atoms with Gasteiger partial charge in [-0.25, -0.2) is 0 Å². The fourth-order valence-electron chi connectivity index (χ4n) is 1.99. The SMILES string of the molecule is CCCC(C)CC(C)CCCOC. The van der Waals surface area contributed by atoms with Crippen LogP contribution in [-0.4, -0.2) is 13.7 Å². The molecule has 0 heterocycles. The molecule has 0 saturated heterocycles. The molecule has 0 aliphatic heterocycles. The summed E-state index contributed by atoms with van der Waals surface area (Å²) in [6.45, 7) is 7.93. The van der Waals surface area contributed by atoms with Crippen LogP contribution in [0.3, 0.4) is 0 Å². The summed E-state index contributed by atoms with van der Waals surface area (Å²) in [6, 6.07) is 0. The quantitative estimate of drug-likeness (QED) is 0.523. The lowest BCUT2D eigenvalue weighted by molar-refractivity contribution is 0.185. The van der Waals surface area contributed by atoms with E-state index >= 15 is 0 Å². The van der Waals surface area contributed by atoms with Crippen molar-refractivity contribution in [1.29, 1.82) is 0 Å². The predicted molar refractivity (Wildman–Crippen MR) is 59.0 cm³/mol. The minimum atomic E-state index is 0.872. The lowest BCUT2D eigenvalue weighted by atomic mass is 9.91. The largest absolute Gasteiger partial charge is 0.385 e. The van der Waals surface area contributed by atoms with E-state index in [4.69, 9.17) is 4.74 Å². The van der Waals surface area contributed by atoms with Gasteiger partial charge in [-0.15, -0.1) is 0 Å². The van der Waals surface area contributed by atoms with Crippen LogP contribution in [0.25, 0.3) is 0 Å². The summed E-state index contributed by atoms with van der Waals surface area (Å²) in [7, 11) is 1.78. The predicted octanol–water partition coefficient (Wildman–Crippen LogP) is 3.88. The normalized spacial score (nSPS) is 15.7. The first-order valence-corrected chi connectivity index (χ1v) is 5.69.